The molecule has 2 N–H and O–H groups in total. The Kier molecular flexibility index (Phi) is 5.31. The molecule has 1 aromatic carbocycles. The summed E-state index contributed by atoms with van der Waals surface area (Å²) < 4.78 is 23.5. The zero-order valence-corrected chi connectivity index (χ0v) is 9.85. The highest BCUT2D eigenvalue weighted by molar-refractivity contribution is 7.80. The van der Waals surface area contributed by atoms with Gasteiger partial charge in [-0.2, -0.15) is 0 Å². The molecule has 88 valence electrons. The summed E-state index contributed by atoms with van der Waals surface area (Å²) in [6.45, 7) is 1.15. The minimum absolute atomic E-state index is 0.186. The fourth-order valence-corrected chi connectivity index (χ4v) is 1.27. The summed E-state index contributed by atoms with van der Waals surface area (Å²) in [5, 5.41) is 0. The number of ether oxygens (including phenoxy) is 2. The topological polar surface area (TPSA) is 44.5 Å². The molecule has 1 rings (SSSR count). The first-order valence-electron chi connectivity index (χ1n) is 4.80. The van der Waals surface area contributed by atoms with Gasteiger partial charge >= 0.3 is 0 Å². The van der Waals surface area contributed by atoms with Crippen LogP contribution in [-0.4, -0.2) is 25.3 Å². The summed E-state index contributed by atoms with van der Waals surface area (Å²) in [6, 6.07) is 4.62. The summed E-state index contributed by atoms with van der Waals surface area (Å²) in [6.07, 6.45) is 0. The Morgan fingerprint density at radius 3 is 2.75 bits per heavy atom. The first kappa shape index (κ1) is 13.0. The second kappa shape index (κ2) is 6.52. The van der Waals surface area contributed by atoms with E-state index in [9.17, 15) is 4.39 Å². The molecule has 0 amide bonds. The molecule has 3 nitrogen and oxygen atoms in total. The number of nitrogens with two attached hydrogens (primary N) is 1. The molecule has 0 saturated carbocycles. The van der Waals surface area contributed by atoms with E-state index in [4.69, 9.17) is 27.4 Å². The average molecular weight is 243 g/mol. The summed E-state index contributed by atoms with van der Waals surface area (Å²) >= 11 is 4.75. The van der Waals surface area contributed by atoms with Crippen LogP contribution in [0.1, 0.15) is 11.1 Å². The molecule has 0 atom stereocenters. The van der Waals surface area contributed by atoms with Crippen LogP contribution >= 0.6 is 12.2 Å². The minimum Gasteiger partial charge on any atom is -0.389 e. The third-order valence-electron chi connectivity index (χ3n) is 2.03. The van der Waals surface area contributed by atoms with Gasteiger partial charge in [0.05, 0.1) is 19.8 Å². The maximum atomic E-state index is 13.5. The predicted octanol–water partition coefficient (Wildman–Crippen LogP) is 1.62. The second-order valence-corrected chi connectivity index (χ2v) is 3.66. The Balaban J connectivity index is 2.57. The van der Waals surface area contributed by atoms with E-state index in [1.165, 1.54) is 6.07 Å². The van der Waals surface area contributed by atoms with Crippen molar-refractivity contribution in [1.29, 1.82) is 0 Å². The molecule has 0 radical (unpaired) electrons. The maximum absolute atomic E-state index is 13.5. The Labute approximate surface area is 99.3 Å². The first-order valence-corrected chi connectivity index (χ1v) is 5.21. The molecule has 16 heavy (non-hydrogen) atoms. The summed E-state index contributed by atoms with van der Waals surface area (Å²) in [7, 11) is 1.58. The van der Waals surface area contributed by atoms with Gasteiger partial charge in [0.1, 0.15) is 10.8 Å². The van der Waals surface area contributed by atoms with Crippen molar-refractivity contribution in [3.63, 3.8) is 0 Å². The Morgan fingerprint density at radius 1 is 1.44 bits per heavy atom. The monoisotopic (exact) mass is 243 g/mol. The van der Waals surface area contributed by atoms with Crippen LogP contribution in [0.2, 0.25) is 0 Å². The number of benzene rings is 1. The van der Waals surface area contributed by atoms with E-state index in [1.807, 2.05) is 0 Å². The molecule has 0 aliphatic carbocycles. The number of methoxy groups -OCH3 is 1. The highest BCUT2D eigenvalue weighted by Gasteiger charge is 2.05. The van der Waals surface area contributed by atoms with E-state index in [0.29, 0.717) is 24.3 Å². The number of halogens is 1. The molecule has 5 heteroatoms. The molecule has 0 aromatic heterocycles. The highest BCUT2D eigenvalue weighted by atomic mass is 32.1. The van der Waals surface area contributed by atoms with Crippen molar-refractivity contribution in [2.45, 2.75) is 6.61 Å². The Bertz CT molecular complexity index is 371. The fourth-order valence-electron chi connectivity index (χ4n) is 1.14. The normalized spacial score (nSPS) is 10.4. The lowest BCUT2D eigenvalue weighted by molar-refractivity contribution is 0.0604. The van der Waals surface area contributed by atoms with Crippen molar-refractivity contribution in [3.8, 4) is 0 Å². The molecule has 0 unspecified atom stereocenters. The maximum Gasteiger partial charge on any atom is 0.129 e. The van der Waals surface area contributed by atoms with Gasteiger partial charge in [0.2, 0.25) is 0 Å². The van der Waals surface area contributed by atoms with E-state index in [1.54, 1.807) is 19.2 Å². The van der Waals surface area contributed by atoms with Gasteiger partial charge in [-0.25, -0.2) is 4.39 Å². The van der Waals surface area contributed by atoms with Gasteiger partial charge in [-0.15, -0.1) is 0 Å². The molecular weight excluding hydrogens is 229 g/mol. The summed E-state index contributed by atoms with van der Waals surface area (Å²) in [5.41, 5.74) is 6.39. The van der Waals surface area contributed by atoms with Gasteiger partial charge < -0.3 is 15.2 Å². The van der Waals surface area contributed by atoms with Gasteiger partial charge in [-0.05, 0) is 6.07 Å². The third kappa shape index (κ3) is 3.84. The molecule has 1 aromatic rings. The molecular formula is C11H14FNO2S. The van der Waals surface area contributed by atoms with Gasteiger partial charge in [0.25, 0.3) is 0 Å². The minimum atomic E-state index is -0.359. The van der Waals surface area contributed by atoms with Crippen LogP contribution in [0.3, 0.4) is 0 Å². The Hall–Kier alpha value is -1.04. The summed E-state index contributed by atoms with van der Waals surface area (Å²) in [4.78, 5) is 0.186. The van der Waals surface area contributed by atoms with Crippen molar-refractivity contribution in [2.24, 2.45) is 5.73 Å². The van der Waals surface area contributed by atoms with Crippen LogP contribution in [0.4, 0.5) is 4.39 Å². The van der Waals surface area contributed by atoms with Gasteiger partial charge in [0, 0.05) is 18.2 Å². The molecule has 0 fully saturated rings. The fraction of sp³-hybridized carbons (Fsp3) is 0.364. The zero-order chi connectivity index (χ0) is 12.0. The van der Waals surface area contributed by atoms with Crippen molar-refractivity contribution >= 4 is 17.2 Å². The van der Waals surface area contributed by atoms with Crippen LogP contribution in [0, 0.1) is 5.82 Å². The average Bonchev–Trinajstić information content (AvgIpc) is 2.26. The van der Waals surface area contributed by atoms with Crippen molar-refractivity contribution in [2.75, 3.05) is 20.3 Å². The van der Waals surface area contributed by atoms with Crippen LogP contribution < -0.4 is 5.73 Å². The molecule has 0 aliphatic heterocycles. The SMILES string of the molecule is COCCOCc1ccc(C(N)=S)cc1F. The van der Waals surface area contributed by atoms with Crippen LogP contribution in [0.25, 0.3) is 0 Å². The van der Waals surface area contributed by atoms with Crippen molar-refractivity contribution in [3.05, 3.63) is 35.1 Å². The number of thiocarbonyl (C=S) groups is 1. The zero-order valence-electron chi connectivity index (χ0n) is 9.03. The molecule has 0 bridgehead atoms. The lowest BCUT2D eigenvalue weighted by Crippen LogP contribution is -2.10. The predicted molar refractivity (Wildman–Crippen MR) is 63.8 cm³/mol. The first-order chi connectivity index (χ1) is 7.65. The molecule has 0 saturated heterocycles. The van der Waals surface area contributed by atoms with Crippen molar-refractivity contribution < 1.29 is 13.9 Å². The number of hydrogen-bond acceptors (Lipinski definition) is 3. The van der Waals surface area contributed by atoms with Gasteiger partial charge in [0.15, 0.2) is 0 Å². The quantitative estimate of drug-likeness (QED) is 0.609. The lowest BCUT2D eigenvalue weighted by atomic mass is 10.1. The van der Waals surface area contributed by atoms with E-state index in [2.05, 4.69) is 0 Å². The van der Waals surface area contributed by atoms with Crippen LogP contribution in [0.5, 0.6) is 0 Å². The van der Waals surface area contributed by atoms with Gasteiger partial charge in [-0.3, -0.25) is 0 Å². The Morgan fingerprint density at radius 2 is 2.19 bits per heavy atom. The van der Waals surface area contributed by atoms with Crippen LogP contribution in [0.15, 0.2) is 18.2 Å². The standard InChI is InChI=1S/C11H14FNO2S/c1-14-4-5-15-7-9-3-2-8(11(13)16)6-10(9)12/h2-3,6H,4-5,7H2,1H3,(H2,13,16). The molecule has 0 aliphatic rings. The molecule has 0 spiro atoms. The van der Waals surface area contributed by atoms with E-state index in [-0.39, 0.29) is 17.4 Å². The van der Waals surface area contributed by atoms with Crippen molar-refractivity contribution in [1.82, 2.24) is 0 Å². The lowest BCUT2D eigenvalue weighted by Gasteiger charge is -2.06. The third-order valence-corrected chi connectivity index (χ3v) is 2.26. The van der Waals surface area contributed by atoms with E-state index >= 15 is 0 Å². The van der Waals surface area contributed by atoms with E-state index < -0.39 is 0 Å². The summed E-state index contributed by atoms with van der Waals surface area (Å²) in [5.74, 6) is -0.359. The van der Waals surface area contributed by atoms with Gasteiger partial charge in [-0.1, -0.05) is 24.4 Å². The molecule has 0 heterocycles. The second-order valence-electron chi connectivity index (χ2n) is 3.22. The number of hydrogen-bond donors (Lipinski definition) is 1. The van der Waals surface area contributed by atoms with E-state index in [0.717, 1.165) is 0 Å². The number of rotatable bonds is 6. The highest BCUT2D eigenvalue weighted by Crippen LogP contribution is 2.11. The largest absolute Gasteiger partial charge is 0.389 e. The smallest absolute Gasteiger partial charge is 0.129 e. The van der Waals surface area contributed by atoms with Crippen LogP contribution in [-0.2, 0) is 16.1 Å².